The lowest BCUT2D eigenvalue weighted by atomic mass is 10.1. The summed E-state index contributed by atoms with van der Waals surface area (Å²) in [5.74, 6) is 0.608. The molecule has 2 amide bonds. The minimum Gasteiger partial charge on any atom is -0.497 e. The van der Waals surface area contributed by atoms with Crippen LogP contribution in [0.2, 0.25) is 5.02 Å². The lowest BCUT2D eigenvalue weighted by Crippen LogP contribution is -2.50. The molecule has 7 nitrogen and oxygen atoms in total. The number of nitrogens with zero attached hydrogens (tertiary/aromatic N) is 2. The summed E-state index contributed by atoms with van der Waals surface area (Å²) >= 11 is 5.61. The molecule has 0 bridgehead atoms. The number of halogens is 4. The van der Waals surface area contributed by atoms with Gasteiger partial charge >= 0.3 is 6.18 Å². The van der Waals surface area contributed by atoms with E-state index in [9.17, 15) is 22.8 Å². The topological polar surface area (TPSA) is 71.1 Å². The van der Waals surface area contributed by atoms with E-state index < -0.39 is 22.7 Å². The number of amides is 2. The molecule has 0 aromatic heterocycles. The molecule has 0 radical (unpaired) electrons. The third-order valence-electron chi connectivity index (χ3n) is 5.45. The molecule has 1 heterocycles. The molecule has 0 atom stereocenters. The molecule has 1 saturated heterocycles. The maximum Gasteiger partial charge on any atom is 0.417 e. The molecule has 2 aromatic carbocycles. The molecule has 2 aromatic rings. The van der Waals surface area contributed by atoms with E-state index in [2.05, 4.69) is 5.32 Å². The molecule has 3 rings (SSSR count). The fourth-order valence-corrected chi connectivity index (χ4v) is 3.81. The first-order valence-electron chi connectivity index (χ1n) is 10.7. The summed E-state index contributed by atoms with van der Waals surface area (Å²) in [6, 6.07) is 8.49. The van der Waals surface area contributed by atoms with Crippen molar-refractivity contribution in [1.29, 1.82) is 0 Å². The van der Waals surface area contributed by atoms with Crippen molar-refractivity contribution in [2.24, 2.45) is 0 Å². The van der Waals surface area contributed by atoms with Crippen LogP contribution in [-0.4, -0.2) is 68.6 Å². The average Bonchev–Trinajstić information content (AvgIpc) is 2.83. The molecule has 0 saturated carbocycles. The van der Waals surface area contributed by atoms with Crippen molar-refractivity contribution >= 4 is 35.2 Å². The third-order valence-corrected chi connectivity index (χ3v) is 5.78. The second-order valence-electron chi connectivity index (χ2n) is 7.78. The number of rotatable bonds is 7. The van der Waals surface area contributed by atoms with Gasteiger partial charge in [0.1, 0.15) is 11.5 Å². The summed E-state index contributed by atoms with van der Waals surface area (Å²) in [4.78, 5) is 28.4. The van der Waals surface area contributed by atoms with Crippen LogP contribution in [0.15, 0.2) is 42.5 Å². The number of anilines is 1. The summed E-state index contributed by atoms with van der Waals surface area (Å²) < 4.78 is 49.5. The Kier molecular flexibility index (Phi) is 8.63. The fourth-order valence-electron chi connectivity index (χ4n) is 3.59. The van der Waals surface area contributed by atoms with Gasteiger partial charge in [-0.1, -0.05) is 11.6 Å². The number of piperazine rings is 1. The molecule has 0 unspecified atom stereocenters. The van der Waals surface area contributed by atoms with Crippen molar-refractivity contribution < 1.29 is 32.2 Å². The molecule has 11 heteroatoms. The molecule has 1 N–H and O–H groups in total. The Hall–Kier alpha value is -3.24. The number of hydrogen-bond donors (Lipinski definition) is 1. The smallest absolute Gasteiger partial charge is 0.417 e. The largest absolute Gasteiger partial charge is 0.497 e. The van der Waals surface area contributed by atoms with Crippen molar-refractivity contribution in [2.75, 3.05) is 52.3 Å². The zero-order chi connectivity index (χ0) is 25.6. The Balaban J connectivity index is 1.52. The molecule has 1 fully saturated rings. The number of ether oxygens (including phenoxy) is 2. The van der Waals surface area contributed by atoms with Crippen LogP contribution in [0.3, 0.4) is 0 Å². The number of carbonyl (C=O) groups excluding carboxylic acids is 2. The number of methoxy groups -OCH3 is 2. The predicted molar refractivity (Wildman–Crippen MR) is 127 cm³/mol. The van der Waals surface area contributed by atoms with Crippen molar-refractivity contribution in [2.45, 2.75) is 6.18 Å². The third kappa shape index (κ3) is 7.12. The van der Waals surface area contributed by atoms with Crippen molar-refractivity contribution in [3.8, 4) is 11.5 Å². The molecule has 0 spiro atoms. The van der Waals surface area contributed by atoms with Crippen molar-refractivity contribution in [3.63, 3.8) is 0 Å². The standard InChI is InChI=1S/C24H25ClF3N3O4/c1-34-18-5-7-21(35-2)16(13-18)3-8-23(33)31-11-9-30(10-12-31)15-22(32)29-17-4-6-20(25)19(14-17)24(26,27)28/h3-8,13-14H,9-12,15H2,1-2H3,(H,29,32)/b8-3+. The maximum absolute atomic E-state index is 13.0. The van der Waals surface area contributed by atoms with Gasteiger partial charge in [-0.05, 0) is 42.5 Å². The highest BCUT2D eigenvalue weighted by atomic mass is 35.5. The molecule has 1 aliphatic rings. The monoisotopic (exact) mass is 511 g/mol. The zero-order valence-corrected chi connectivity index (χ0v) is 19.9. The molecule has 1 aliphatic heterocycles. The Labute approximate surface area is 206 Å². The normalized spacial score (nSPS) is 14.7. The molecule has 35 heavy (non-hydrogen) atoms. The summed E-state index contributed by atoms with van der Waals surface area (Å²) in [5, 5.41) is 2.03. The predicted octanol–water partition coefficient (Wildman–Crippen LogP) is 4.17. The van der Waals surface area contributed by atoms with Crippen LogP contribution >= 0.6 is 11.6 Å². The van der Waals surface area contributed by atoms with E-state index in [4.69, 9.17) is 21.1 Å². The van der Waals surface area contributed by atoms with E-state index in [0.29, 0.717) is 43.2 Å². The lowest BCUT2D eigenvalue weighted by Gasteiger charge is -2.33. The number of alkyl halides is 3. The number of benzene rings is 2. The summed E-state index contributed by atoms with van der Waals surface area (Å²) in [7, 11) is 3.09. The van der Waals surface area contributed by atoms with Crippen LogP contribution < -0.4 is 14.8 Å². The first kappa shape index (κ1) is 26.4. The minimum absolute atomic E-state index is 0.0111. The first-order valence-corrected chi connectivity index (χ1v) is 11.1. The van der Waals surface area contributed by atoms with E-state index in [1.165, 1.54) is 12.1 Å². The quantitative estimate of drug-likeness (QED) is 0.565. The molecule has 188 valence electrons. The Morgan fingerprint density at radius 2 is 1.77 bits per heavy atom. The molecule has 0 aliphatic carbocycles. The van der Waals surface area contributed by atoms with Gasteiger partial charge in [0.05, 0.1) is 31.4 Å². The van der Waals surface area contributed by atoms with Crippen LogP contribution in [0, 0.1) is 0 Å². The number of nitrogens with one attached hydrogen (secondary N) is 1. The second kappa shape index (κ2) is 11.5. The second-order valence-corrected chi connectivity index (χ2v) is 8.19. The van der Waals surface area contributed by atoms with E-state index in [1.807, 2.05) is 4.90 Å². The highest BCUT2D eigenvalue weighted by Crippen LogP contribution is 2.36. The van der Waals surface area contributed by atoms with Gasteiger partial charge < -0.3 is 19.7 Å². The summed E-state index contributed by atoms with van der Waals surface area (Å²) in [5.41, 5.74) is -0.297. The van der Waals surface area contributed by atoms with Crippen LogP contribution in [-0.2, 0) is 15.8 Å². The van der Waals surface area contributed by atoms with E-state index in [0.717, 1.165) is 12.1 Å². The summed E-state index contributed by atoms with van der Waals surface area (Å²) in [6.45, 7) is 1.70. The maximum atomic E-state index is 13.0. The van der Waals surface area contributed by atoms with Crippen molar-refractivity contribution in [3.05, 3.63) is 58.6 Å². The fraction of sp³-hybridized carbons (Fsp3) is 0.333. The SMILES string of the molecule is COc1ccc(OC)c(/C=C/C(=O)N2CCN(CC(=O)Nc3ccc(Cl)c(C(F)(F)F)c3)CC2)c1. The zero-order valence-electron chi connectivity index (χ0n) is 19.2. The van der Waals surface area contributed by atoms with Gasteiger partial charge in [0.25, 0.3) is 0 Å². The van der Waals surface area contributed by atoms with Gasteiger partial charge in [0.15, 0.2) is 0 Å². The number of hydrogen-bond acceptors (Lipinski definition) is 5. The van der Waals surface area contributed by atoms with Gasteiger partial charge in [0.2, 0.25) is 11.8 Å². The van der Waals surface area contributed by atoms with Crippen LogP contribution in [0.4, 0.5) is 18.9 Å². The van der Waals surface area contributed by atoms with Gasteiger partial charge in [-0.3, -0.25) is 14.5 Å². The first-order chi connectivity index (χ1) is 16.6. The minimum atomic E-state index is -4.62. The van der Waals surface area contributed by atoms with E-state index >= 15 is 0 Å². The molecular formula is C24H25ClF3N3O4. The Morgan fingerprint density at radius 1 is 1.06 bits per heavy atom. The van der Waals surface area contributed by atoms with E-state index in [-0.39, 0.29) is 18.1 Å². The lowest BCUT2D eigenvalue weighted by molar-refractivity contribution is -0.137. The number of carbonyl (C=O) groups is 2. The van der Waals surface area contributed by atoms with Crippen LogP contribution in [0.25, 0.3) is 6.08 Å². The Morgan fingerprint density at radius 3 is 2.40 bits per heavy atom. The highest BCUT2D eigenvalue weighted by molar-refractivity contribution is 6.31. The Bertz CT molecular complexity index is 1100. The van der Waals surface area contributed by atoms with Gasteiger partial charge in [-0.2, -0.15) is 13.2 Å². The van der Waals surface area contributed by atoms with Gasteiger partial charge in [-0.15, -0.1) is 0 Å². The van der Waals surface area contributed by atoms with Crippen LogP contribution in [0.5, 0.6) is 11.5 Å². The summed E-state index contributed by atoms with van der Waals surface area (Å²) in [6.07, 6.45) is -1.50. The highest BCUT2D eigenvalue weighted by Gasteiger charge is 2.33. The van der Waals surface area contributed by atoms with Crippen molar-refractivity contribution in [1.82, 2.24) is 9.80 Å². The van der Waals surface area contributed by atoms with Gasteiger partial charge in [-0.25, -0.2) is 0 Å². The average molecular weight is 512 g/mol. The molecular weight excluding hydrogens is 487 g/mol. The van der Waals surface area contributed by atoms with Gasteiger partial charge in [0, 0.05) is 43.5 Å². The van der Waals surface area contributed by atoms with E-state index in [1.54, 1.807) is 43.4 Å². The van der Waals surface area contributed by atoms with Crippen LogP contribution in [0.1, 0.15) is 11.1 Å².